The number of hydrogen-bond donors (Lipinski definition) is 1. The summed E-state index contributed by atoms with van der Waals surface area (Å²) in [5.41, 5.74) is 0.867. The minimum Gasteiger partial charge on any atom is -0.365 e. The van der Waals surface area contributed by atoms with Crippen LogP contribution in [0.25, 0.3) is 0 Å². The van der Waals surface area contributed by atoms with Gasteiger partial charge in [-0.3, -0.25) is 0 Å². The van der Waals surface area contributed by atoms with E-state index in [1.807, 2.05) is 6.07 Å². The maximum absolute atomic E-state index is 13.8. The first-order valence-electron chi connectivity index (χ1n) is 5.47. The van der Waals surface area contributed by atoms with Gasteiger partial charge in [0.15, 0.2) is 0 Å². The molecule has 19 heavy (non-hydrogen) atoms. The fourth-order valence-electron chi connectivity index (χ4n) is 1.65. The van der Waals surface area contributed by atoms with Gasteiger partial charge in [0.1, 0.15) is 11.9 Å². The van der Waals surface area contributed by atoms with Gasteiger partial charge in [-0.2, -0.15) is 5.26 Å². The van der Waals surface area contributed by atoms with Gasteiger partial charge >= 0.3 is 0 Å². The largest absolute Gasteiger partial charge is 0.365 e. The molecule has 1 atom stereocenters. The van der Waals surface area contributed by atoms with Crippen molar-refractivity contribution in [1.82, 2.24) is 0 Å². The topological polar surface area (TPSA) is 35.8 Å². The maximum Gasteiger partial charge on any atom is 0.143 e. The van der Waals surface area contributed by atoms with E-state index >= 15 is 0 Å². The molecule has 0 saturated heterocycles. The Hall–Kier alpha value is -1.57. The first kappa shape index (κ1) is 13.9. The molecule has 0 amide bonds. The van der Waals surface area contributed by atoms with Crippen LogP contribution in [0.5, 0.6) is 0 Å². The van der Waals surface area contributed by atoms with E-state index in [1.165, 1.54) is 6.07 Å². The SMILES string of the molecule is N#CC(Nc1ccccc1Cl)c1cc(Br)ccc1F. The lowest BCUT2D eigenvalue weighted by atomic mass is 10.1. The number of rotatable bonds is 3. The van der Waals surface area contributed by atoms with Crippen molar-refractivity contribution >= 4 is 33.2 Å². The molecule has 0 aliphatic carbocycles. The Morgan fingerprint density at radius 2 is 2.00 bits per heavy atom. The third kappa shape index (κ3) is 3.25. The number of nitrogens with zero attached hydrogens (tertiary/aromatic N) is 1. The van der Waals surface area contributed by atoms with Gasteiger partial charge in [0.25, 0.3) is 0 Å². The minimum atomic E-state index is -0.808. The first-order valence-corrected chi connectivity index (χ1v) is 6.64. The Balaban J connectivity index is 2.34. The molecule has 0 radical (unpaired) electrons. The van der Waals surface area contributed by atoms with Gasteiger partial charge < -0.3 is 5.32 Å². The zero-order valence-electron chi connectivity index (χ0n) is 9.70. The molecule has 96 valence electrons. The predicted molar refractivity (Wildman–Crippen MR) is 77.5 cm³/mol. The van der Waals surface area contributed by atoms with Crippen LogP contribution in [0.1, 0.15) is 11.6 Å². The fraction of sp³-hybridized carbons (Fsp3) is 0.0714. The molecule has 2 aromatic rings. The molecule has 5 heteroatoms. The van der Waals surface area contributed by atoms with Gasteiger partial charge in [-0.1, -0.05) is 39.7 Å². The number of benzene rings is 2. The van der Waals surface area contributed by atoms with Gasteiger partial charge in [-0.15, -0.1) is 0 Å². The summed E-state index contributed by atoms with van der Waals surface area (Å²) in [6.45, 7) is 0. The molecular formula is C14H9BrClFN2. The van der Waals surface area contributed by atoms with E-state index in [9.17, 15) is 9.65 Å². The molecule has 0 saturated carbocycles. The van der Waals surface area contributed by atoms with Crippen LogP contribution in [0.2, 0.25) is 5.02 Å². The standard InChI is InChI=1S/C14H9BrClFN2/c15-9-5-6-12(17)10(7-9)14(8-18)19-13-4-2-1-3-11(13)16/h1-7,14,19H. The molecular weight excluding hydrogens is 331 g/mol. The second kappa shape index (κ2) is 6.05. The molecule has 0 aliphatic heterocycles. The van der Waals surface area contributed by atoms with Gasteiger partial charge in [-0.25, -0.2) is 4.39 Å². The summed E-state index contributed by atoms with van der Waals surface area (Å²) in [7, 11) is 0. The Morgan fingerprint density at radius 1 is 1.26 bits per heavy atom. The highest BCUT2D eigenvalue weighted by Crippen LogP contribution is 2.28. The fourth-order valence-corrected chi connectivity index (χ4v) is 2.22. The van der Waals surface area contributed by atoms with Crippen LogP contribution in [0, 0.1) is 17.1 Å². The second-order valence-corrected chi connectivity index (χ2v) is 5.18. The van der Waals surface area contributed by atoms with E-state index in [0.717, 1.165) is 0 Å². The van der Waals surface area contributed by atoms with Gasteiger partial charge in [0.2, 0.25) is 0 Å². The zero-order valence-corrected chi connectivity index (χ0v) is 12.0. The van der Waals surface area contributed by atoms with E-state index in [2.05, 4.69) is 21.2 Å². The van der Waals surface area contributed by atoms with Crippen LogP contribution in [0.4, 0.5) is 10.1 Å². The molecule has 1 N–H and O–H groups in total. The van der Waals surface area contributed by atoms with E-state index in [1.54, 1.807) is 36.4 Å². The average molecular weight is 340 g/mol. The van der Waals surface area contributed by atoms with E-state index in [-0.39, 0.29) is 5.56 Å². The molecule has 2 nitrogen and oxygen atoms in total. The number of halogens is 3. The molecule has 0 aromatic heterocycles. The third-order valence-corrected chi connectivity index (χ3v) is 3.39. The van der Waals surface area contributed by atoms with Crippen molar-refractivity contribution in [1.29, 1.82) is 5.26 Å². The van der Waals surface area contributed by atoms with Crippen molar-refractivity contribution in [2.45, 2.75) is 6.04 Å². The molecule has 0 spiro atoms. The molecule has 2 aromatic carbocycles. The highest BCUT2D eigenvalue weighted by atomic mass is 79.9. The van der Waals surface area contributed by atoms with Crippen molar-refractivity contribution in [2.75, 3.05) is 5.32 Å². The zero-order chi connectivity index (χ0) is 13.8. The van der Waals surface area contributed by atoms with Crippen LogP contribution in [-0.4, -0.2) is 0 Å². The summed E-state index contributed by atoms with van der Waals surface area (Å²) in [5, 5.41) is 12.6. The highest BCUT2D eigenvalue weighted by Gasteiger charge is 2.16. The number of hydrogen-bond acceptors (Lipinski definition) is 2. The smallest absolute Gasteiger partial charge is 0.143 e. The summed E-state index contributed by atoms with van der Waals surface area (Å²) in [6, 6.07) is 12.7. The Morgan fingerprint density at radius 3 is 2.68 bits per heavy atom. The molecule has 0 bridgehead atoms. The van der Waals surface area contributed by atoms with Crippen LogP contribution < -0.4 is 5.32 Å². The van der Waals surface area contributed by atoms with Gasteiger partial charge in [-0.05, 0) is 30.3 Å². The number of para-hydroxylation sites is 1. The Labute approximate surface area is 123 Å². The number of nitrogens with one attached hydrogen (secondary N) is 1. The Kier molecular flexibility index (Phi) is 4.41. The normalized spacial score (nSPS) is 11.7. The summed E-state index contributed by atoms with van der Waals surface area (Å²) in [4.78, 5) is 0. The molecule has 1 unspecified atom stereocenters. The lowest BCUT2D eigenvalue weighted by Crippen LogP contribution is -2.10. The lowest BCUT2D eigenvalue weighted by molar-refractivity contribution is 0.607. The van der Waals surface area contributed by atoms with E-state index in [4.69, 9.17) is 11.6 Å². The predicted octanol–water partition coefficient (Wildman–Crippen LogP) is 4.92. The number of nitriles is 1. The van der Waals surface area contributed by atoms with Crippen molar-refractivity contribution in [3.63, 3.8) is 0 Å². The third-order valence-electron chi connectivity index (χ3n) is 2.57. The quantitative estimate of drug-likeness (QED) is 0.861. The van der Waals surface area contributed by atoms with Crippen LogP contribution >= 0.6 is 27.5 Å². The monoisotopic (exact) mass is 338 g/mol. The van der Waals surface area contributed by atoms with Crippen LogP contribution in [-0.2, 0) is 0 Å². The molecule has 2 rings (SSSR count). The van der Waals surface area contributed by atoms with Crippen LogP contribution in [0.15, 0.2) is 46.9 Å². The summed E-state index contributed by atoms with van der Waals surface area (Å²) >= 11 is 9.27. The van der Waals surface area contributed by atoms with Gasteiger partial charge in [0, 0.05) is 10.0 Å². The minimum absolute atomic E-state index is 0.275. The number of anilines is 1. The van der Waals surface area contributed by atoms with Crippen molar-refractivity contribution in [2.24, 2.45) is 0 Å². The first-order chi connectivity index (χ1) is 9.11. The van der Waals surface area contributed by atoms with E-state index in [0.29, 0.717) is 15.2 Å². The van der Waals surface area contributed by atoms with Crippen LogP contribution in [0.3, 0.4) is 0 Å². The van der Waals surface area contributed by atoms with Crippen molar-refractivity contribution in [3.8, 4) is 6.07 Å². The highest BCUT2D eigenvalue weighted by molar-refractivity contribution is 9.10. The van der Waals surface area contributed by atoms with Crippen molar-refractivity contribution in [3.05, 3.63) is 63.3 Å². The van der Waals surface area contributed by atoms with Gasteiger partial charge in [0.05, 0.1) is 16.8 Å². The molecule has 0 heterocycles. The van der Waals surface area contributed by atoms with Crippen molar-refractivity contribution < 1.29 is 4.39 Å². The average Bonchev–Trinajstić information content (AvgIpc) is 2.41. The molecule has 0 aliphatic rings. The lowest BCUT2D eigenvalue weighted by Gasteiger charge is -2.15. The Bertz CT molecular complexity index is 640. The molecule has 0 fully saturated rings. The van der Waals surface area contributed by atoms with E-state index < -0.39 is 11.9 Å². The summed E-state index contributed by atoms with van der Waals surface area (Å²) in [6.07, 6.45) is 0. The second-order valence-electron chi connectivity index (χ2n) is 3.85. The maximum atomic E-state index is 13.8. The summed E-state index contributed by atoms with van der Waals surface area (Å²) < 4.78 is 14.5. The summed E-state index contributed by atoms with van der Waals surface area (Å²) in [5.74, 6) is -0.436.